The van der Waals surface area contributed by atoms with E-state index in [2.05, 4.69) is 16.0 Å². The molecule has 25 heavy (non-hydrogen) atoms. The molecule has 4 amide bonds. The lowest BCUT2D eigenvalue weighted by molar-refractivity contribution is -0.137. The predicted octanol–water partition coefficient (Wildman–Crippen LogP) is 1.42. The molecule has 0 aliphatic heterocycles. The van der Waals surface area contributed by atoms with Crippen LogP contribution in [0.2, 0.25) is 0 Å². The number of carbonyl (C=O) groups excluding carboxylic acids is 3. The molecule has 0 radical (unpaired) electrons. The van der Waals surface area contributed by atoms with Crippen LogP contribution in [0, 0.1) is 0 Å². The van der Waals surface area contributed by atoms with Gasteiger partial charge in [0.25, 0.3) is 0 Å². The summed E-state index contributed by atoms with van der Waals surface area (Å²) in [7, 11) is 2.77. The number of nitrogens with zero attached hydrogens (tertiary/aromatic N) is 1. The number of nitrogens with one attached hydrogen (secondary N) is 3. The van der Waals surface area contributed by atoms with Gasteiger partial charge in [0.1, 0.15) is 0 Å². The van der Waals surface area contributed by atoms with Crippen LogP contribution in [0.5, 0.6) is 0 Å². The predicted molar refractivity (Wildman–Crippen MR) is 84.8 cm³/mol. The molecule has 0 spiro atoms. The minimum Gasteiger partial charge on any atom is -0.341 e. The molecule has 1 aromatic carbocycles. The third kappa shape index (κ3) is 6.07. The van der Waals surface area contributed by atoms with Gasteiger partial charge >= 0.3 is 12.2 Å². The normalized spacial score (nSPS) is 12.4. The first-order valence-corrected chi connectivity index (χ1v) is 7.25. The third-order valence-corrected chi connectivity index (χ3v) is 3.40. The van der Waals surface area contributed by atoms with Crippen molar-refractivity contribution in [2.75, 3.05) is 26.0 Å². The molecule has 1 atom stereocenters. The van der Waals surface area contributed by atoms with Gasteiger partial charge in [-0.15, -0.1) is 0 Å². The van der Waals surface area contributed by atoms with Crippen molar-refractivity contribution < 1.29 is 27.6 Å². The van der Waals surface area contributed by atoms with Gasteiger partial charge in [0.05, 0.1) is 23.8 Å². The van der Waals surface area contributed by atoms with Crippen LogP contribution in [0.4, 0.5) is 23.7 Å². The second-order valence-corrected chi connectivity index (χ2v) is 5.25. The van der Waals surface area contributed by atoms with Gasteiger partial charge in [-0.1, -0.05) is 12.1 Å². The maximum Gasteiger partial charge on any atom is 0.418 e. The summed E-state index contributed by atoms with van der Waals surface area (Å²) in [5.74, 6) is -1.37. The summed E-state index contributed by atoms with van der Waals surface area (Å²) < 4.78 is 38.7. The first kappa shape index (κ1) is 20.4. The number of benzene rings is 1. The molecule has 138 valence electrons. The zero-order valence-corrected chi connectivity index (χ0v) is 13.9. The van der Waals surface area contributed by atoms with Gasteiger partial charge in [-0.3, -0.25) is 19.8 Å². The fourth-order valence-corrected chi connectivity index (χ4v) is 1.87. The van der Waals surface area contributed by atoms with Gasteiger partial charge in [-0.25, -0.2) is 4.79 Å². The molecule has 0 heterocycles. The fraction of sp³-hybridized carbons (Fsp3) is 0.400. The molecule has 0 saturated heterocycles. The monoisotopic (exact) mass is 360 g/mol. The summed E-state index contributed by atoms with van der Waals surface area (Å²) in [6.45, 7) is 1.11. The smallest absolute Gasteiger partial charge is 0.341 e. The van der Waals surface area contributed by atoms with E-state index in [1.54, 1.807) is 0 Å². The number of rotatable bonds is 5. The lowest BCUT2D eigenvalue weighted by atomic mass is 10.1. The Morgan fingerprint density at radius 1 is 1.20 bits per heavy atom. The Labute approximate surface area is 142 Å². The van der Waals surface area contributed by atoms with Crippen LogP contribution < -0.4 is 16.0 Å². The minimum absolute atomic E-state index is 0.339. The number of halogens is 3. The minimum atomic E-state index is -4.60. The standard InChI is InChI=1S/C15H19F3N4O3/c1-9(13(24)21-14(25)19-2)22(3)8-12(23)20-11-7-5-4-6-10(11)15(16,17)18/h4-7,9H,8H2,1-3H3,(H,20,23)(H2,19,21,24,25)/t9-/m0/s1. The molecule has 7 nitrogen and oxygen atoms in total. The van der Waals surface area contributed by atoms with Gasteiger partial charge in [0, 0.05) is 7.05 Å². The van der Waals surface area contributed by atoms with Crippen LogP contribution in [0.25, 0.3) is 0 Å². The van der Waals surface area contributed by atoms with Crippen LogP contribution >= 0.6 is 0 Å². The van der Waals surface area contributed by atoms with E-state index in [0.29, 0.717) is 0 Å². The zero-order valence-electron chi connectivity index (χ0n) is 13.9. The molecule has 0 aliphatic rings. The second kappa shape index (κ2) is 8.47. The van der Waals surface area contributed by atoms with Crippen molar-refractivity contribution in [1.82, 2.24) is 15.5 Å². The summed E-state index contributed by atoms with van der Waals surface area (Å²) in [5, 5.41) is 6.44. The lowest BCUT2D eigenvalue weighted by Crippen LogP contribution is -2.49. The summed E-state index contributed by atoms with van der Waals surface area (Å²) in [6, 6.07) is 3.04. The molecule has 10 heteroatoms. The molecule has 0 unspecified atom stereocenters. The molecule has 0 aliphatic carbocycles. The van der Waals surface area contributed by atoms with Crippen molar-refractivity contribution in [3.63, 3.8) is 0 Å². The molecular formula is C15H19F3N4O3. The van der Waals surface area contributed by atoms with E-state index in [9.17, 15) is 27.6 Å². The fourth-order valence-electron chi connectivity index (χ4n) is 1.87. The largest absolute Gasteiger partial charge is 0.418 e. The van der Waals surface area contributed by atoms with Crippen LogP contribution in [0.3, 0.4) is 0 Å². The highest BCUT2D eigenvalue weighted by Crippen LogP contribution is 2.34. The Kier molecular flexibility index (Phi) is 6.92. The number of urea groups is 1. The quantitative estimate of drug-likeness (QED) is 0.741. The van der Waals surface area contributed by atoms with E-state index >= 15 is 0 Å². The van der Waals surface area contributed by atoms with E-state index in [4.69, 9.17) is 0 Å². The van der Waals surface area contributed by atoms with Gasteiger partial charge in [-0.05, 0) is 26.1 Å². The van der Waals surface area contributed by atoms with Gasteiger partial charge < -0.3 is 10.6 Å². The molecule has 1 aromatic rings. The van der Waals surface area contributed by atoms with Gasteiger partial charge in [0.15, 0.2) is 0 Å². The van der Waals surface area contributed by atoms with Gasteiger partial charge in [-0.2, -0.15) is 13.2 Å². The number of hydrogen-bond acceptors (Lipinski definition) is 4. The summed E-state index contributed by atoms with van der Waals surface area (Å²) in [5.41, 5.74) is -1.33. The Balaban J connectivity index is 2.71. The number of anilines is 1. The average Bonchev–Trinajstić information content (AvgIpc) is 2.53. The number of imide groups is 1. The molecule has 0 aromatic heterocycles. The zero-order chi connectivity index (χ0) is 19.2. The van der Waals surface area contributed by atoms with Crippen molar-refractivity contribution >= 4 is 23.5 Å². The Morgan fingerprint density at radius 2 is 1.80 bits per heavy atom. The molecule has 3 N–H and O–H groups in total. The number of hydrogen-bond donors (Lipinski definition) is 3. The van der Waals surface area contributed by atoms with Crippen LogP contribution in [-0.4, -0.2) is 49.4 Å². The maximum atomic E-state index is 12.9. The molecule has 0 bridgehead atoms. The van der Waals surface area contributed by atoms with E-state index in [0.717, 1.165) is 12.1 Å². The first-order chi connectivity index (χ1) is 11.6. The highest BCUT2D eigenvalue weighted by Gasteiger charge is 2.33. The average molecular weight is 360 g/mol. The topological polar surface area (TPSA) is 90.5 Å². The number of carbonyl (C=O) groups is 3. The lowest BCUT2D eigenvalue weighted by Gasteiger charge is -2.23. The first-order valence-electron chi connectivity index (χ1n) is 7.25. The molecule has 1 rings (SSSR count). The van der Waals surface area contributed by atoms with Crippen molar-refractivity contribution in [2.24, 2.45) is 0 Å². The SMILES string of the molecule is CNC(=O)NC(=O)[C@H](C)N(C)CC(=O)Nc1ccccc1C(F)(F)F. The summed E-state index contributed by atoms with van der Waals surface area (Å²) in [4.78, 5) is 36.2. The number of para-hydroxylation sites is 1. The highest BCUT2D eigenvalue weighted by molar-refractivity contribution is 5.97. The van der Waals surface area contributed by atoms with Crippen molar-refractivity contribution in [3.05, 3.63) is 29.8 Å². The third-order valence-electron chi connectivity index (χ3n) is 3.40. The number of likely N-dealkylation sites (N-methyl/N-ethyl adjacent to an activating group) is 1. The van der Waals surface area contributed by atoms with Gasteiger partial charge in [0.2, 0.25) is 11.8 Å². The van der Waals surface area contributed by atoms with E-state index in [1.165, 1.54) is 38.1 Å². The summed E-state index contributed by atoms with van der Waals surface area (Å²) in [6.07, 6.45) is -4.60. The van der Waals surface area contributed by atoms with E-state index < -0.39 is 35.6 Å². The molecular weight excluding hydrogens is 341 g/mol. The second-order valence-electron chi connectivity index (χ2n) is 5.25. The molecule has 0 saturated carbocycles. The van der Waals surface area contributed by atoms with Crippen molar-refractivity contribution in [1.29, 1.82) is 0 Å². The van der Waals surface area contributed by atoms with Crippen molar-refractivity contribution in [2.45, 2.75) is 19.1 Å². The molecule has 0 fully saturated rings. The number of alkyl halides is 3. The van der Waals surface area contributed by atoms with Crippen LogP contribution in [0.15, 0.2) is 24.3 Å². The Bertz CT molecular complexity index is 649. The number of amides is 4. The van der Waals surface area contributed by atoms with E-state index in [-0.39, 0.29) is 12.2 Å². The summed E-state index contributed by atoms with van der Waals surface area (Å²) >= 11 is 0. The van der Waals surface area contributed by atoms with E-state index in [1.807, 2.05) is 0 Å². The Morgan fingerprint density at radius 3 is 2.36 bits per heavy atom. The maximum absolute atomic E-state index is 12.9. The van der Waals surface area contributed by atoms with Crippen molar-refractivity contribution in [3.8, 4) is 0 Å². The van der Waals surface area contributed by atoms with Crippen LogP contribution in [-0.2, 0) is 15.8 Å². The van der Waals surface area contributed by atoms with Crippen LogP contribution in [0.1, 0.15) is 12.5 Å². The highest BCUT2D eigenvalue weighted by atomic mass is 19.4. The Hall–Kier alpha value is -2.62.